The first-order chi connectivity index (χ1) is 11.5. The van der Waals surface area contributed by atoms with Crippen LogP contribution in [-0.4, -0.2) is 0 Å². The van der Waals surface area contributed by atoms with Gasteiger partial charge in [0.15, 0.2) is 0 Å². The Bertz CT molecular complexity index is 821. The van der Waals surface area contributed by atoms with Gasteiger partial charge in [0.25, 0.3) is 0 Å². The molecule has 0 heterocycles. The predicted octanol–water partition coefficient (Wildman–Crippen LogP) is 6.91. The Morgan fingerprint density at radius 3 is 1.83 bits per heavy atom. The lowest BCUT2D eigenvalue weighted by Gasteiger charge is -2.12. The van der Waals surface area contributed by atoms with Crippen molar-refractivity contribution in [3.63, 3.8) is 0 Å². The Kier molecular flexibility index (Phi) is 5.00. The van der Waals surface area contributed by atoms with E-state index < -0.39 is 0 Å². The molecular formula is C21H18F2S. The van der Waals surface area contributed by atoms with Crippen molar-refractivity contribution < 1.29 is 8.78 Å². The molecular weight excluding hydrogens is 322 g/mol. The van der Waals surface area contributed by atoms with Crippen LogP contribution in [0.1, 0.15) is 25.3 Å². The quantitative estimate of drug-likeness (QED) is 0.497. The highest BCUT2D eigenvalue weighted by Gasteiger charge is 2.08. The van der Waals surface area contributed by atoms with Crippen molar-refractivity contribution in [3.05, 3.63) is 83.9 Å². The summed E-state index contributed by atoms with van der Waals surface area (Å²) in [5, 5.41) is 0. The van der Waals surface area contributed by atoms with E-state index >= 15 is 0 Å². The number of benzene rings is 3. The molecule has 0 amide bonds. The largest absolute Gasteiger partial charge is 0.207 e. The van der Waals surface area contributed by atoms with Gasteiger partial charge in [-0.3, -0.25) is 0 Å². The van der Waals surface area contributed by atoms with Crippen LogP contribution in [0.25, 0.3) is 11.1 Å². The molecule has 24 heavy (non-hydrogen) atoms. The first-order valence-electron chi connectivity index (χ1n) is 7.85. The number of rotatable bonds is 4. The summed E-state index contributed by atoms with van der Waals surface area (Å²) in [6, 6.07) is 19.4. The smallest absolute Gasteiger partial charge is 0.123 e. The van der Waals surface area contributed by atoms with Gasteiger partial charge >= 0.3 is 0 Å². The van der Waals surface area contributed by atoms with E-state index in [2.05, 4.69) is 32.0 Å². The standard InChI is InChI=1S/C21H18F2S/c1-14(2)16-11-17(15-3-5-18(22)6-4-15)13-21(12-16)24-20-9-7-19(23)8-10-20/h3-14H,1-2H3. The average molecular weight is 340 g/mol. The summed E-state index contributed by atoms with van der Waals surface area (Å²) in [4.78, 5) is 2.08. The van der Waals surface area contributed by atoms with Gasteiger partial charge in [0, 0.05) is 9.79 Å². The molecule has 0 saturated carbocycles. The van der Waals surface area contributed by atoms with Gasteiger partial charge in [0.1, 0.15) is 11.6 Å². The summed E-state index contributed by atoms with van der Waals surface area (Å²) in [5.41, 5.74) is 3.27. The summed E-state index contributed by atoms with van der Waals surface area (Å²) in [6.45, 7) is 4.30. The van der Waals surface area contributed by atoms with Gasteiger partial charge in [-0.2, -0.15) is 0 Å². The van der Waals surface area contributed by atoms with Gasteiger partial charge in [-0.25, -0.2) is 8.78 Å². The van der Waals surface area contributed by atoms with E-state index in [1.165, 1.54) is 29.8 Å². The second kappa shape index (κ2) is 7.18. The maximum atomic E-state index is 13.2. The van der Waals surface area contributed by atoms with Crippen molar-refractivity contribution in [1.82, 2.24) is 0 Å². The fourth-order valence-electron chi connectivity index (χ4n) is 2.46. The molecule has 0 bridgehead atoms. The van der Waals surface area contributed by atoms with Crippen molar-refractivity contribution in [2.24, 2.45) is 0 Å². The molecule has 0 aromatic heterocycles. The van der Waals surface area contributed by atoms with Gasteiger partial charge in [0.2, 0.25) is 0 Å². The molecule has 0 aliphatic heterocycles. The third kappa shape index (κ3) is 4.04. The van der Waals surface area contributed by atoms with Crippen LogP contribution in [0.3, 0.4) is 0 Å². The molecule has 3 aromatic rings. The van der Waals surface area contributed by atoms with Crippen LogP contribution in [0.2, 0.25) is 0 Å². The fourth-order valence-corrected chi connectivity index (χ4v) is 3.39. The summed E-state index contributed by atoms with van der Waals surface area (Å²) in [7, 11) is 0. The van der Waals surface area contributed by atoms with Gasteiger partial charge in [-0.05, 0) is 71.1 Å². The SMILES string of the molecule is CC(C)c1cc(Sc2ccc(F)cc2)cc(-c2ccc(F)cc2)c1. The van der Waals surface area contributed by atoms with Crippen molar-refractivity contribution in [2.75, 3.05) is 0 Å². The maximum Gasteiger partial charge on any atom is 0.123 e. The molecule has 3 rings (SSSR count). The molecule has 0 spiro atoms. The van der Waals surface area contributed by atoms with Gasteiger partial charge in [0.05, 0.1) is 0 Å². The second-order valence-electron chi connectivity index (χ2n) is 6.01. The van der Waals surface area contributed by atoms with Crippen LogP contribution in [0.15, 0.2) is 76.5 Å². The molecule has 0 nitrogen and oxygen atoms in total. The molecule has 0 saturated heterocycles. The second-order valence-corrected chi connectivity index (χ2v) is 7.16. The first-order valence-corrected chi connectivity index (χ1v) is 8.67. The molecule has 122 valence electrons. The highest BCUT2D eigenvalue weighted by Crippen LogP contribution is 2.34. The van der Waals surface area contributed by atoms with E-state index in [0.29, 0.717) is 5.92 Å². The van der Waals surface area contributed by atoms with E-state index in [-0.39, 0.29) is 11.6 Å². The first kappa shape index (κ1) is 16.7. The molecule has 3 heteroatoms. The maximum absolute atomic E-state index is 13.2. The van der Waals surface area contributed by atoms with E-state index in [4.69, 9.17) is 0 Å². The van der Waals surface area contributed by atoms with E-state index in [0.717, 1.165) is 20.9 Å². The minimum absolute atomic E-state index is 0.234. The lowest BCUT2D eigenvalue weighted by atomic mass is 9.97. The zero-order valence-corrected chi connectivity index (χ0v) is 14.4. The van der Waals surface area contributed by atoms with Crippen LogP contribution in [0.5, 0.6) is 0 Å². The van der Waals surface area contributed by atoms with Crippen molar-refractivity contribution >= 4 is 11.8 Å². The fraction of sp³-hybridized carbons (Fsp3) is 0.143. The molecule has 0 aliphatic carbocycles. The minimum atomic E-state index is -0.236. The summed E-state index contributed by atoms with van der Waals surface area (Å²) in [5.74, 6) is -0.0834. The Hall–Kier alpha value is -2.13. The van der Waals surface area contributed by atoms with Crippen LogP contribution in [-0.2, 0) is 0 Å². The normalized spacial score (nSPS) is 11.0. The molecule has 0 unspecified atom stereocenters. The third-order valence-corrected chi connectivity index (χ3v) is 4.80. The van der Waals surface area contributed by atoms with Crippen LogP contribution >= 0.6 is 11.8 Å². The summed E-state index contributed by atoms with van der Waals surface area (Å²) >= 11 is 1.60. The van der Waals surface area contributed by atoms with Gasteiger partial charge < -0.3 is 0 Å². The molecule has 0 aliphatic rings. The monoisotopic (exact) mass is 340 g/mol. The topological polar surface area (TPSA) is 0 Å². The molecule has 0 atom stereocenters. The van der Waals surface area contributed by atoms with E-state index in [9.17, 15) is 8.78 Å². The average Bonchev–Trinajstić information content (AvgIpc) is 2.57. The van der Waals surface area contributed by atoms with Crippen molar-refractivity contribution in [2.45, 2.75) is 29.6 Å². The Morgan fingerprint density at radius 1 is 0.667 bits per heavy atom. The molecule has 0 N–H and O–H groups in total. The summed E-state index contributed by atoms with van der Waals surface area (Å²) in [6.07, 6.45) is 0. The molecule has 0 radical (unpaired) electrons. The highest BCUT2D eigenvalue weighted by atomic mass is 32.2. The van der Waals surface area contributed by atoms with Gasteiger partial charge in [-0.1, -0.05) is 43.8 Å². The Labute approximate surface area is 145 Å². The van der Waals surface area contributed by atoms with E-state index in [1.54, 1.807) is 36.0 Å². The molecule has 3 aromatic carbocycles. The zero-order valence-electron chi connectivity index (χ0n) is 13.6. The van der Waals surface area contributed by atoms with Crippen LogP contribution < -0.4 is 0 Å². The lowest BCUT2D eigenvalue weighted by molar-refractivity contribution is 0.626. The Balaban J connectivity index is 1.99. The van der Waals surface area contributed by atoms with Crippen molar-refractivity contribution in [1.29, 1.82) is 0 Å². The van der Waals surface area contributed by atoms with Gasteiger partial charge in [-0.15, -0.1) is 0 Å². The zero-order chi connectivity index (χ0) is 17.1. The minimum Gasteiger partial charge on any atom is -0.207 e. The summed E-state index contributed by atoms with van der Waals surface area (Å²) < 4.78 is 26.2. The third-order valence-electron chi connectivity index (χ3n) is 3.82. The van der Waals surface area contributed by atoms with Crippen LogP contribution in [0, 0.1) is 11.6 Å². The van der Waals surface area contributed by atoms with Crippen molar-refractivity contribution in [3.8, 4) is 11.1 Å². The highest BCUT2D eigenvalue weighted by molar-refractivity contribution is 7.99. The van der Waals surface area contributed by atoms with E-state index in [1.807, 2.05) is 0 Å². The number of halogens is 2. The predicted molar refractivity (Wildman–Crippen MR) is 96.4 cm³/mol. The number of hydrogen-bond acceptors (Lipinski definition) is 1. The Morgan fingerprint density at radius 2 is 1.25 bits per heavy atom. The lowest BCUT2D eigenvalue weighted by Crippen LogP contribution is -1.90. The molecule has 0 fully saturated rings. The van der Waals surface area contributed by atoms with Crippen LogP contribution in [0.4, 0.5) is 8.78 Å². The number of hydrogen-bond donors (Lipinski definition) is 0.